The standard InChI is InChI=1S/C20H16F2N2O2.C20H17FN2O2/c21-16-7-8-17(22)14(10-16)6-4-13-5-9-19(23-11-13)24-18-3-1-2-15(18)12-26-20(24)25;21-17-9-6-14(7-10-17)4-5-15-8-11-19(22-12-15)23-18-3-1-2-16(18)13-25-20(23)24/h5,7-11,15,18H,1-3,12H2;6-12,16,18H,1-3,13H2/t15-,18-;16-,18-/m11/s1. The average Bonchev–Trinajstić information content (AvgIpc) is 3.83. The van der Waals surface area contributed by atoms with Crippen LogP contribution in [-0.4, -0.2) is 47.5 Å². The highest BCUT2D eigenvalue weighted by molar-refractivity contribution is 5.88. The van der Waals surface area contributed by atoms with Crippen molar-refractivity contribution in [3.8, 4) is 23.7 Å². The Hall–Kier alpha value is -5.81. The lowest BCUT2D eigenvalue weighted by molar-refractivity contribution is 0.104. The normalized spacial score (nSPS) is 21.8. The Balaban J connectivity index is 0.000000159. The molecular weight excluding hydrogens is 657 g/mol. The van der Waals surface area contributed by atoms with Crippen LogP contribution >= 0.6 is 0 Å². The molecule has 2 aliphatic heterocycles. The summed E-state index contributed by atoms with van der Waals surface area (Å²) in [6.45, 7) is 0.990. The Morgan fingerprint density at radius 1 is 0.588 bits per heavy atom. The number of carbonyl (C=O) groups excluding carboxylic acids is 2. The van der Waals surface area contributed by atoms with Gasteiger partial charge in [0.05, 0.1) is 18.8 Å². The summed E-state index contributed by atoms with van der Waals surface area (Å²) in [5.74, 6) is 11.8. The number of hydrogen-bond donors (Lipinski definition) is 0. The van der Waals surface area contributed by atoms with Gasteiger partial charge in [-0.15, -0.1) is 0 Å². The number of rotatable bonds is 2. The van der Waals surface area contributed by atoms with Crippen LogP contribution in [0.5, 0.6) is 0 Å². The third-order valence-corrected chi connectivity index (χ3v) is 9.59. The average molecular weight is 691 g/mol. The quantitative estimate of drug-likeness (QED) is 0.201. The van der Waals surface area contributed by atoms with E-state index in [1.807, 2.05) is 6.07 Å². The minimum atomic E-state index is -0.577. The van der Waals surface area contributed by atoms with Crippen LogP contribution in [0, 0.1) is 53.0 Å². The molecule has 2 saturated carbocycles. The summed E-state index contributed by atoms with van der Waals surface area (Å²) in [5.41, 5.74) is 2.01. The van der Waals surface area contributed by atoms with E-state index in [2.05, 4.69) is 33.6 Å². The van der Waals surface area contributed by atoms with Crippen LogP contribution < -0.4 is 9.80 Å². The number of anilines is 2. The third kappa shape index (κ3) is 7.68. The molecule has 2 amide bonds. The second-order valence-corrected chi connectivity index (χ2v) is 12.9. The molecule has 0 N–H and O–H groups in total. The fourth-order valence-electron chi connectivity index (χ4n) is 7.01. The highest BCUT2D eigenvalue weighted by atomic mass is 19.1. The summed E-state index contributed by atoms with van der Waals surface area (Å²) in [4.78, 5) is 36.3. The smallest absolute Gasteiger partial charge is 0.415 e. The SMILES string of the molecule is O=C1OC[C@H]2CCC[C@H]2N1c1ccc(C#Cc2cc(F)ccc2F)cn1.O=C1OC[C@H]2CCC[C@H]2N1c1ccc(C#Cc2ccc(F)cc2)cn1. The number of pyridine rings is 2. The van der Waals surface area contributed by atoms with E-state index in [-0.39, 0.29) is 35.7 Å². The zero-order chi connectivity index (χ0) is 35.3. The van der Waals surface area contributed by atoms with Gasteiger partial charge in [0.1, 0.15) is 29.1 Å². The fraction of sp³-hybridized carbons (Fsp3) is 0.300. The topological polar surface area (TPSA) is 84.9 Å². The number of halogens is 3. The molecule has 2 aromatic heterocycles. The molecule has 51 heavy (non-hydrogen) atoms. The van der Waals surface area contributed by atoms with Crippen LogP contribution in [0.1, 0.15) is 60.8 Å². The Labute approximate surface area is 293 Å². The number of fused-ring (bicyclic) bond motifs is 2. The minimum absolute atomic E-state index is 0.0116. The number of hydrogen-bond acceptors (Lipinski definition) is 6. The predicted octanol–water partition coefficient (Wildman–Crippen LogP) is 7.63. The largest absolute Gasteiger partial charge is 0.449 e. The highest BCUT2D eigenvalue weighted by Crippen LogP contribution is 2.37. The molecule has 4 fully saturated rings. The van der Waals surface area contributed by atoms with Crippen molar-refractivity contribution in [2.75, 3.05) is 23.0 Å². The van der Waals surface area contributed by atoms with Gasteiger partial charge in [0.25, 0.3) is 0 Å². The fourth-order valence-corrected chi connectivity index (χ4v) is 7.01. The molecule has 0 radical (unpaired) electrons. The molecule has 0 spiro atoms. The van der Waals surface area contributed by atoms with Gasteiger partial charge in [-0.25, -0.2) is 32.7 Å². The van der Waals surface area contributed by atoms with Crippen molar-refractivity contribution < 1.29 is 32.2 Å². The van der Waals surface area contributed by atoms with E-state index >= 15 is 0 Å². The zero-order valence-corrected chi connectivity index (χ0v) is 27.5. The summed E-state index contributed by atoms with van der Waals surface area (Å²) in [6, 6.07) is 16.5. The van der Waals surface area contributed by atoms with Gasteiger partial charge in [-0.05, 0) is 92.4 Å². The van der Waals surface area contributed by atoms with E-state index < -0.39 is 11.6 Å². The van der Waals surface area contributed by atoms with Crippen molar-refractivity contribution in [1.82, 2.24) is 9.97 Å². The predicted molar refractivity (Wildman–Crippen MR) is 183 cm³/mol. The van der Waals surface area contributed by atoms with Crippen LogP contribution in [0.4, 0.5) is 34.4 Å². The Morgan fingerprint density at radius 2 is 1.08 bits per heavy atom. The molecule has 11 heteroatoms. The number of carbonyl (C=O) groups is 2. The molecule has 8 nitrogen and oxygen atoms in total. The van der Waals surface area contributed by atoms with E-state index in [9.17, 15) is 22.8 Å². The maximum atomic E-state index is 13.6. The first-order valence-electron chi connectivity index (χ1n) is 16.9. The number of ether oxygens (including phenoxy) is 2. The first kappa shape index (κ1) is 33.7. The highest BCUT2D eigenvalue weighted by Gasteiger charge is 2.42. The van der Waals surface area contributed by atoms with Crippen molar-refractivity contribution in [2.24, 2.45) is 11.8 Å². The Morgan fingerprint density at radius 3 is 1.61 bits per heavy atom. The van der Waals surface area contributed by atoms with E-state index in [0.29, 0.717) is 42.2 Å². The summed E-state index contributed by atoms with van der Waals surface area (Å²) in [7, 11) is 0. The van der Waals surface area contributed by atoms with E-state index in [1.54, 1.807) is 46.3 Å². The first-order chi connectivity index (χ1) is 24.8. The van der Waals surface area contributed by atoms with Gasteiger partial charge in [-0.3, -0.25) is 9.80 Å². The molecule has 8 rings (SSSR count). The van der Waals surface area contributed by atoms with Crippen LogP contribution in [0.15, 0.2) is 79.1 Å². The number of benzene rings is 2. The van der Waals surface area contributed by atoms with Crippen molar-refractivity contribution in [2.45, 2.75) is 50.6 Å². The van der Waals surface area contributed by atoms with Crippen molar-refractivity contribution in [3.05, 3.63) is 119 Å². The molecule has 0 bridgehead atoms. The van der Waals surface area contributed by atoms with Gasteiger partial charge in [0, 0.05) is 53.0 Å². The van der Waals surface area contributed by atoms with Crippen molar-refractivity contribution in [1.29, 1.82) is 0 Å². The molecule has 4 heterocycles. The molecule has 4 aliphatic rings. The molecule has 0 unspecified atom stereocenters. The lowest BCUT2D eigenvalue weighted by Crippen LogP contribution is -2.49. The van der Waals surface area contributed by atoms with Gasteiger partial charge in [0.2, 0.25) is 0 Å². The van der Waals surface area contributed by atoms with Gasteiger partial charge in [-0.1, -0.05) is 36.5 Å². The molecule has 2 saturated heterocycles. The molecular formula is C40H33F3N4O4. The summed E-state index contributed by atoms with van der Waals surface area (Å²) < 4.78 is 50.2. The van der Waals surface area contributed by atoms with Gasteiger partial charge < -0.3 is 9.47 Å². The molecule has 4 aromatic rings. The van der Waals surface area contributed by atoms with Gasteiger partial charge in [0.15, 0.2) is 0 Å². The third-order valence-electron chi connectivity index (χ3n) is 9.59. The van der Waals surface area contributed by atoms with Crippen LogP contribution in [0.25, 0.3) is 0 Å². The summed E-state index contributed by atoms with van der Waals surface area (Å²) >= 11 is 0. The number of nitrogens with zero attached hydrogens (tertiary/aromatic N) is 4. The van der Waals surface area contributed by atoms with Crippen LogP contribution in [-0.2, 0) is 9.47 Å². The number of aromatic nitrogens is 2. The lowest BCUT2D eigenvalue weighted by Gasteiger charge is -2.35. The zero-order valence-electron chi connectivity index (χ0n) is 27.5. The number of cyclic esters (lactones) is 2. The van der Waals surface area contributed by atoms with Gasteiger partial charge in [-0.2, -0.15) is 0 Å². The van der Waals surface area contributed by atoms with Crippen LogP contribution in [0.2, 0.25) is 0 Å². The molecule has 2 aromatic carbocycles. The summed E-state index contributed by atoms with van der Waals surface area (Å²) in [6.07, 6.45) is 8.75. The molecule has 4 atom stereocenters. The molecule has 2 aliphatic carbocycles. The second kappa shape index (κ2) is 15.0. The maximum Gasteiger partial charge on any atom is 0.415 e. The van der Waals surface area contributed by atoms with Crippen molar-refractivity contribution in [3.63, 3.8) is 0 Å². The van der Waals surface area contributed by atoms with E-state index in [1.165, 1.54) is 18.3 Å². The van der Waals surface area contributed by atoms with Crippen molar-refractivity contribution >= 4 is 23.8 Å². The summed E-state index contributed by atoms with van der Waals surface area (Å²) in [5, 5.41) is 0. The minimum Gasteiger partial charge on any atom is -0.449 e. The number of amides is 2. The first-order valence-corrected chi connectivity index (χ1v) is 16.9. The van der Waals surface area contributed by atoms with E-state index in [4.69, 9.17) is 9.47 Å². The Kier molecular flexibility index (Phi) is 9.89. The lowest BCUT2D eigenvalue weighted by atomic mass is 10.0. The maximum absolute atomic E-state index is 13.6. The van der Waals surface area contributed by atoms with Gasteiger partial charge >= 0.3 is 12.2 Å². The van der Waals surface area contributed by atoms with Crippen LogP contribution in [0.3, 0.4) is 0 Å². The molecule has 258 valence electrons. The Bertz CT molecular complexity index is 2040. The monoisotopic (exact) mass is 690 g/mol. The second-order valence-electron chi connectivity index (χ2n) is 12.9. The van der Waals surface area contributed by atoms with E-state index in [0.717, 1.165) is 67.9 Å².